The van der Waals surface area contributed by atoms with Crippen LogP contribution in [0, 0.1) is 5.82 Å². The van der Waals surface area contributed by atoms with E-state index in [1.54, 1.807) is 12.3 Å². The summed E-state index contributed by atoms with van der Waals surface area (Å²) in [6.45, 7) is 7.08. The molecule has 1 heterocycles. The van der Waals surface area contributed by atoms with Crippen molar-refractivity contribution >= 4 is 5.69 Å². The Balaban J connectivity index is 2.07. The molecule has 1 aromatic heterocycles. The van der Waals surface area contributed by atoms with E-state index in [1.165, 1.54) is 0 Å². The highest BCUT2D eigenvalue weighted by molar-refractivity contribution is 5.49. The van der Waals surface area contributed by atoms with Gasteiger partial charge >= 0.3 is 0 Å². The number of anilines is 1. The lowest BCUT2D eigenvalue weighted by atomic mass is 10.1. The summed E-state index contributed by atoms with van der Waals surface area (Å²) in [7, 11) is 0. The van der Waals surface area contributed by atoms with Crippen LogP contribution in [-0.2, 0) is 13.1 Å². The summed E-state index contributed by atoms with van der Waals surface area (Å²) >= 11 is 0. The summed E-state index contributed by atoms with van der Waals surface area (Å²) in [4.78, 5) is 1.97. The second-order valence-corrected chi connectivity index (χ2v) is 5.06. The molecule has 0 amide bonds. The summed E-state index contributed by atoms with van der Waals surface area (Å²) in [5, 5.41) is 3.28. The van der Waals surface area contributed by atoms with Crippen molar-refractivity contribution < 1.29 is 8.81 Å². The van der Waals surface area contributed by atoms with Crippen LogP contribution < -0.4 is 10.2 Å². The minimum Gasteiger partial charge on any atom is -0.467 e. The van der Waals surface area contributed by atoms with E-state index in [0.717, 1.165) is 30.8 Å². The van der Waals surface area contributed by atoms with E-state index in [0.29, 0.717) is 18.8 Å². The molecule has 3 nitrogen and oxygen atoms in total. The van der Waals surface area contributed by atoms with Gasteiger partial charge in [-0.2, -0.15) is 0 Å². The Bertz CT molecular complexity index is 540. The molecule has 1 aromatic carbocycles. The molecular weight excluding hydrogens is 267 g/mol. The predicted molar refractivity (Wildman–Crippen MR) is 83.8 cm³/mol. The SMILES string of the molecule is CCCNCc1ccc(N(CC)Cc2ccco2)c(F)c1. The van der Waals surface area contributed by atoms with Crippen molar-refractivity contribution in [2.24, 2.45) is 0 Å². The fraction of sp³-hybridized carbons (Fsp3) is 0.412. The summed E-state index contributed by atoms with van der Waals surface area (Å²) < 4.78 is 19.7. The maximum absolute atomic E-state index is 14.3. The summed E-state index contributed by atoms with van der Waals surface area (Å²) in [6.07, 6.45) is 2.72. The average Bonchev–Trinajstić information content (AvgIpc) is 2.99. The number of hydrogen-bond donors (Lipinski definition) is 1. The molecule has 0 aliphatic heterocycles. The Morgan fingerprint density at radius 1 is 1.24 bits per heavy atom. The Kier molecular flexibility index (Phi) is 5.81. The van der Waals surface area contributed by atoms with E-state index in [1.807, 2.05) is 36.1 Å². The predicted octanol–water partition coefficient (Wildman–Crippen LogP) is 3.94. The van der Waals surface area contributed by atoms with Gasteiger partial charge in [0.25, 0.3) is 0 Å². The van der Waals surface area contributed by atoms with Crippen LogP contribution in [0.1, 0.15) is 31.6 Å². The Hall–Kier alpha value is -1.81. The van der Waals surface area contributed by atoms with Crippen molar-refractivity contribution in [2.45, 2.75) is 33.4 Å². The van der Waals surface area contributed by atoms with Crippen molar-refractivity contribution in [3.05, 3.63) is 53.7 Å². The Morgan fingerprint density at radius 3 is 2.71 bits per heavy atom. The Morgan fingerprint density at radius 2 is 2.10 bits per heavy atom. The third-order valence-electron chi connectivity index (χ3n) is 3.42. The molecule has 0 spiro atoms. The third-order valence-corrected chi connectivity index (χ3v) is 3.42. The average molecular weight is 290 g/mol. The zero-order valence-corrected chi connectivity index (χ0v) is 12.7. The maximum Gasteiger partial charge on any atom is 0.146 e. The van der Waals surface area contributed by atoms with E-state index < -0.39 is 0 Å². The summed E-state index contributed by atoms with van der Waals surface area (Å²) in [5.41, 5.74) is 1.59. The number of nitrogens with one attached hydrogen (secondary N) is 1. The molecule has 0 radical (unpaired) electrons. The second-order valence-electron chi connectivity index (χ2n) is 5.06. The summed E-state index contributed by atoms with van der Waals surface area (Å²) in [6, 6.07) is 9.20. The van der Waals surface area contributed by atoms with Gasteiger partial charge in [0.2, 0.25) is 0 Å². The van der Waals surface area contributed by atoms with Crippen molar-refractivity contribution in [3.8, 4) is 0 Å². The van der Waals surface area contributed by atoms with Crippen LogP contribution in [-0.4, -0.2) is 13.1 Å². The summed E-state index contributed by atoms with van der Waals surface area (Å²) in [5.74, 6) is 0.657. The van der Waals surface area contributed by atoms with Crippen LogP contribution in [0.25, 0.3) is 0 Å². The van der Waals surface area contributed by atoms with E-state index in [2.05, 4.69) is 12.2 Å². The molecule has 0 saturated heterocycles. The molecule has 4 heteroatoms. The van der Waals surface area contributed by atoms with Crippen molar-refractivity contribution in [2.75, 3.05) is 18.0 Å². The zero-order chi connectivity index (χ0) is 15.1. The molecule has 0 aliphatic rings. The monoisotopic (exact) mass is 290 g/mol. The van der Waals surface area contributed by atoms with Gasteiger partial charge in [-0.1, -0.05) is 13.0 Å². The quantitative estimate of drug-likeness (QED) is 0.746. The van der Waals surface area contributed by atoms with Crippen molar-refractivity contribution in [3.63, 3.8) is 0 Å². The molecule has 2 aromatic rings. The highest BCUT2D eigenvalue weighted by Crippen LogP contribution is 2.22. The fourth-order valence-electron chi connectivity index (χ4n) is 2.28. The molecular formula is C17H23FN2O. The van der Waals surface area contributed by atoms with Crippen LogP contribution in [0.3, 0.4) is 0 Å². The molecule has 0 fully saturated rings. The van der Waals surface area contributed by atoms with Gasteiger partial charge in [0, 0.05) is 13.1 Å². The molecule has 1 N–H and O–H groups in total. The van der Waals surface area contributed by atoms with Crippen LogP contribution in [0.4, 0.5) is 10.1 Å². The number of hydrogen-bond acceptors (Lipinski definition) is 3. The number of nitrogens with zero attached hydrogens (tertiary/aromatic N) is 1. The van der Waals surface area contributed by atoms with Crippen LogP contribution >= 0.6 is 0 Å². The third kappa shape index (κ3) is 4.33. The molecule has 0 bridgehead atoms. The highest BCUT2D eigenvalue weighted by atomic mass is 19.1. The minimum atomic E-state index is -0.181. The van der Waals surface area contributed by atoms with Crippen LogP contribution in [0.15, 0.2) is 41.0 Å². The number of rotatable bonds is 8. The standard InChI is InChI=1S/C17H23FN2O/c1-3-9-19-12-14-7-8-17(16(18)11-14)20(4-2)13-15-6-5-10-21-15/h5-8,10-11,19H,3-4,9,12-13H2,1-2H3. The van der Waals surface area contributed by atoms with E-state index >= 15 is 0 Å². The molecule has 0 atom stereocenters. The lowest BCUT2D eigenvalue weighted by molar-refractivity contribution is 0.501. The maximum atomic E-state index is 14.3. The molecule has 2 rings (SSSR count). The lowest BCUT2D eigenvalue weighted by Crippen LogP contribution is -2.23. The first-order valence-corrected chi connectivity index (χ1v) is 7.51. The van der Waals surface area contributed by atoms with Crippen molar-refractivity contribution in [1.29, 1.82) is 0 Å². The van der Waals surface area contributed by atoms with Gasteiger partial charge in [0.15, 0.2) is 0 Å². The number of benzene rings is 1. The first-order chi connectivity index (χ1) is 10.2. The highest BCUT2D eigenvalue weighted by Gasteiger charge is 2.12. The first kappa shape index (κ1) is 15.6. The second kappa shape index (κ2) is 7.84. The lowest BCUT2D eigenvalue weighted by Gasteiger charge is -2.23. The van der Waals surface area contributed by atoms with E-state index in [4.69, 9.17) is 4.42 Å². The topological polar surface area (TPSA) is 28.4 Å². The Labute approximate surface area is 125 Å². The number of halogens is 1. The largest absolute Gasteiger partial charge is 0.467 e. The smallest absolute Gasteiger partial charge is 0.146 e. The van der Waals surface area contributed by atoms with Crippen molar-refractivity contribution in [1.82, 2.24) is 5.32 Å². The molecule has 0 aliphatic carbocycles. The van der Waals surface area contributed by atoms with E-state index in [-0.39, 0.29) is 5.82 Å². The molecule has 114 valence electrons. The first-order valence-electron chi connectivity index (χ1n) is 7.51. The van der Waals surface area contributed by atoms with Crippen LogP contribution in [0.5, 0.6) is 0 Å². The molecule has 0 unspecified atom stereocenters. The minimum absolute atomic E-state index is 0.181. The van der Waals surface area contributed by atoms with Gasteiger partial charge < -0.3 is 14.6 Å². The van der Waals surface area contributed by atoms with Gasteiger partial charge in [-0.25, -0.2) is 4.39 Å². The normalized spacial score (nSPS) is 10.8. The van der Waals surface area contributed by atoms with Gasteiger partial charge in [-0.3, -0.25) is 0 Å². The number of furan rings is 1. The van der Waals surface area contributed by atoms with Crippen LogP contribution in [0.2, 0.25) is 0 Å². The van der Waals surface area contributed by atoms with E-state index in [9.17, 15) is 4.39 Å². The fourth-order valence-corrected chi connectivity index (χ4v) is 2.28. The zero-order valence-electron chi connectivity index (χ0n) is 12.7. The van der Waals surface area contributed by atoms with Gasteiger partial charge in [-0.15, -0.1) is 0 Å². The molecule has 21 heavy (non-hydrogen) atoms. The van der Waals surface area contributed by atoms with Gasteiger partial charge in [-0.05, 0) is 49.7 Å². The van der Waals surface area contributed by atoms with Gasteiger partial charge in [0.1, 0.15) is 11.6 Å². The molecule has 0 saturated carbocycles. The van der Waals surface area contributed by atoms with Gasteiger partial charge in [0.05, 0.1) is 18.5 Å².